The van der Waals surface area contributed by atoms with Crippen molar-refractivity contribution < 1.29 is 0 Å². The smallest absolute Gasteiger partial charge is 0.163 e. The molecule has 2 heterocycles. The van der Waals surface area contributed by atoms with Gasteiger partial charge < -0.3 is 10.7 Å². The van der Waals surface area contributed by atoms with Crippen molar-refractivity contribution >= 4 is 16.9 Å². The maximum atomic E-state index is 6.21. The van der Waals surface area contributed by atoms with E-state index in [1.807, 2.05) is 66.9 Å². The van der Waals surface area contributed by atoms with Crippen LogP contribution in [0.15, 0.2) is 66.9 Å². The van der Waals surface area contributed by atoms with Crippen molar-refractivity contribution in [3.05, 3.63) is 66.9 Å². The van der Waals surface area contributed by atoms with Gasteiger partial charge in [0.2, 0.25) is 0 Å². The first kappa shape index (κ1) is 12.6. The highest BCUT2D eigenvalue weighted by atomic mass is 15.0. The Kier molecular flexibility index (Phi) is 2.86. The average molecular weight is 286 g/mol. The van der Waals surface area contributed by atoms with Gasteiger partial charge in [-0.1, -0.05) is 60.7 Å². The number of fused-ring (bicyclic) bond motifs is 1. The van der Waals surface area contributed by atoms with E-state index in [0.717, 1.165) is 27.7 Å². The Morgan fingerprint density at radius 2 is 1.41 bits per heavy atom. The van der Waals surface area contributed by atoms with Gasteiger partial charge in [-0.25, -0.2) is 9.97 Å². The quantitative estimate of drug-likeness (QED) is 0.587. The van der Waals surface area contributed by atoms with Gasteiger partial charge in [0, 0.05) is 17.3 Å². The van der Waals surface area contributed by atoms with Crippen molar-refractivity contribution in [2.75, 3.05) is 5.73 Å². The van der Waals surface area contributed by atoms with Crippen LogP contribution in [0, 0.1) is 0 Å². The number of aromatic nitrogens is 3. The molecule has 0 amide bonds. The molecule has 106 valence electrons. The van der Waals surface area contributed by atoms with Crippen molar-refractivity contribution in [3.63, 3.8) is 0 Å². The summed E-state index contributed by atoms with van der Waals surface area (Å²) in [6, 6.07) is 19.9. The molecule has 0 radical (unpaired) electrons. The number of H-pyrrole nitrogens is 1. The molecule has 0 saturated heterocycles. The number of benzene rings is 2. The average Bonchev–Trinajstić information content (AvgIpc) is 3.01. The molecule has 4 heteroatoms. The summed E-state index contributed by atoms with van der Waals surface area (Å²) in [4.78, 5) is 12.3. The molecule has 0 aliphatic carbocycles. The Hall–Kier alpha value is -3.14. The van der Waals surface area contributed by atoms with E-state index in [-0.39, 0.29) is 0 Å². The summed E-state index contributed by atoms with van der Waals surface area (Å²) < 4.78 is 0. The topological polar surface area (TPSA) is 67.6 Å². The van der Waals surface area contributed by atoms with Gasteiger partial charge in [0.1, 0.15) is 11.5 Å². The number of nitrogens with one attached hydrogen (secondary N) is 1. The van der Waals surface area contributed by atoms with Crippen molar-refractivity contribution in [2.24, 2.45) is 0 Å². The van der Waals surface area contributed by atoms with Gasteiger partial charge in [0.15, 0.2) is 5.82 Å². The number of anilines is 1. The van der Waals surface area contributed by atoms with Gasteiger partial charge in [-0.05, 0) is 5.56 Å². The summed E-state index contributed by atoms with van der Waals surface area (Å²) in [5.41, 5.74) is 10.0. The molecule has 0 spiro atoms. The minimum atomic E-state index is 0.490. The van der Waals surface area contributed by atoms with E-state index >= 15 is 0 Å². The molecule has 4 aromatic rings. The molecular weight excluding hydrogens is 272 g/mol. The minimum Gasteiger partial charge on any atom is -0.383 e. The lowest BCUT2D eigenvalue weighted by Gasteiger charge is -2.04. The van der Waals surface area contributed by atoms with Crippen molar-refractivity contribution in [1.29, 1.82) is 0 Å². The van der Waals surface area contributed by atoms with Gasteiger partial charge in [-0.3, -0.25) is 0 Å². The minimum absolute atomic E-state index is 0.490. The van der Waals surface area contributed by atoms with Crippen LogP contribution in [0.5, 0.6) is 0 Å². The molecule has 0 fully saturated rings. The van der Waals surface area contributed by atoms with Gasteiger partial charge >= 0.3 is 0 Å². The third-order valence-electron chi connectivity index (χ3n) is 3.68. The van der Waals surface area contributed by atoms with Gasteiger partial charge in [0.25, 0.3) is 0 Å². The van der Waals surface area contributed by atoms with Crippen LogP contribution < -0.4 is 5.73 Å². The van der Waals surface area contributed by atoms with Crippen LogP contribution in [0.25, 0.3) is 33.5 Å². The fraction of sp³-hybridized carbons (Fsp3) is 0. The van der Waals surface area contributed by atoms with Crippen molar-refractivity contribution in [1.82, 2.24) is 15.0 Å². The predicted octanol–water partition coefficient (Wildman–Crippen LogP) is 3.87. The van der Waals surface area contributed by atoms with E-state index in [1.165, 1.54) is 0 Å². The highest BCUT2D eigenvalue weighted by molar-refractivity contribution is 6.00. The van der Waals surface area contributed by atoms with Gasteiger partial charge in [-0.15, -0.1) is 0 Å². The van der Waals surface area contributed by atoms with Gasteiger partial charge in [-0.2, -0.15) is 0 Å². The summed E-state index contributed by atoms with van der Waals surface area (Å²) in [6.45, 7) is 0. The van der Waals surface area contributed by atoms with Crippen molar-refractivity contribution in [2.45, 2.75) is 0 Å². The van der Waals surface area contributed by atoms with E-state index in [1.54, 1.807) is 0 Å². The molecule has 0 atom stereocenters. The van der Waals surface area contributed by atoms with E-state index in [9.17, 15) is 0 Å². The molecule has 2 aromatic heterocycles. The molecule has 0 aliphatic rings. The lowest BCUT2D eigenvalue weighted by atomic mass is 10.1. The summed E-state index contributed by atoms with van der Waals surface area (Å²) in [7, 11) is 0. The molecule has 0 aliphatic heterocycles. The molecule has 4 rings (SSSR count). The monoisotopic (exact) mass is 286 g/mol. The highest BCUT2D eigenvalue weighted by Gasteiger charge is 2.13. The molecule has 22 heavy (non-hydrogen) atoms. The van der Waals surface area contributed by atoms with Gasteiger partial charge in [0.05, 0.1) is 5.39 Å². The van der Waals surface area contributed by atoms with Crippen LogP contribution in [0.3, 0.4) is 0 Å². The Labute approximate surface area is 127 Å². The number of aromatic amines is 1. The maximum absolute atomic E-state index is 6.21. The lowest BCUT2D eigenvalue weighted by Crippen LogP contribution is -1.97. The third kappa shape index (κ3) is 2.02. The number of hydrogen-bond acceptors (Lipinski definition) is 3. The zero-order chi connectivity index (χ0) is 14.9. The SMILES string of the molecule is Nc1nc(-c2ccccc2)nc2[nH]cc(-c3ccccc3)c12. The second kappa shape index (κ2) is 5.00. The Bertz CT molecular complexity index is 927. The zero-order valence-electron chi connectivity index (χ0n) is 11.8. The third-order valence-corrected chi connectivity index (χ3v) is 3.68. The van der Waals surface area contributed by atoms with E-state index < -0.39 is 0 Å². The normalized spacial score (nSPS) is 10.9. The second-order valence-electron chi connectivity index (χ2n) is 5.09. The molecule has 0 saturated carbocycles. The first-order valence-corrected chi connectivity index (χ1v) is 7.08. The van der Waals surface area contributed by atoms with Crippen molar-refractivity contribution in [3.8, 4) is 22.5 Å². The van der Waals surface area contributed by atoms with E-state index in [4.69, 9.17) is 5.73 Å². The van der Waals surface area contributed by atoms with E-state index in [0.29, 0.717) is 11.6 Å². The summed E-state index contributed by atoms with van der Waals surface area (Å²) in [6.07, 6.45) is 1.93. The molecule has 3 N–H and O–H groups in total. The molecule has 0 unspecified atom stereocenters. The maximum Gasteiger partial charge on any atom is 0.163 e. The number of nitrogens with zero attached hydrogens (tertiary/aromatic N) is 2. The van der Waals surface area contributed by atoms with Crippen LogP contribution in [0.2, 0.25) is 0 Å². The Morgan fingerprint density at radius 1 is 0.773 bits per heavy atom. The number of nitrogens with two attached hydrogens (primary N) is 1. The second-order valence-corrected chi connectivity index (χ2v) is 5.09. The molecule has 2 aromatic carbocycles. The van der Waals surface area contributed by atoms with Crippen LogP contribution in [0.1, 0.15) is 0 Å². The molecule has 4 nitrogen and oxygen atoms in total. The van der Waals surface area contributed by atoms with E-state index in [2.05, 4.69) is 15.0 Å². The number of hydrogen-bond donors (Lipinski definition) is 2. The summed E-state index contributed by atoms with van der Waals surface area (Å²) in [5, 5.41) is 0.867. The van der Waals surface area contributed by atoms with Crippen LogP contribution in [-0.2, 0) is 0 Å². The Balaban J connectivity index is 1.92. The first-order chi connectivity index (χ1) is 10.8. The first-order valence-electron chi connectivity index (χ1n) is 7.08. The number of nitrogen functional groups attached to an aromatic ring is 1. The Morgan fingerprint density at radius 3 is 2.09 bits per heavy atom. The number of rotatable bonds is 2. The summed E-state index contributed by atoms with van der Waals surface area (Å²) >= 11 is 0. The highest BCUT2D eigenvalue weighted by Crippen LogP contribution is 2.32. The summed E-state index contributed by atoms with van der Waals surface area (Å²) in [5.74, 6) is 1.12. The fourth-order valence-electron chi connectivity index (χ4n) is 2.62. The van der Waals surface area contributed by atoms with Crippen LogP contribution in [-0.4, -0.2) is 15.0 Å². The largest absolute Gasteiger partial charge is 0.383 e. The fourth-order valence-corrected chi connectivity index (χ4v) is 2.62. The van der Waals surface area contributed by atoms with Crippen LogP contribution in [0.4, 0.5) is 5.82 Å². The lowest BCUT2D eigenvalue weighted by molar-refractivity contribution is 1.21. The predicted molar refractivity (Wildman–Crippen MR) is 89.2 cm³/mol. The molecular formula is C18H14N4. The molecule has 0 bridgehead atoms. The standard InChI is InChI=1S/C18H14N4/c19-16-15-14(12-7-3-1-4-8-12)11-20-18(15)22-17(21-16)13-9-5-2-6-10-13/h1-11H,(H3,19,20,21,22). The van der Waals surface area contributed by atoms with Crippen LogP contribution >= 0.6 is 0 Å². The zero-order valence-corrected chi connectivity index (χ0v) is 11.8.